The maximum Gasteiger partial charge on any atom is 0.248 e. The highest BCUT2D eigenvalue weighted by Gasteiger charge is 2.08. The van der Waals surface area contributed by atoms with Gasteiger partial charge in [0.1, 0.15) is 5.75 Å². The van der Waals surface area contributed by atoms with E-state index in [4.69, 9.17) is 10.5 Å². The molecule has 0 aliphatic carbocycles. The highest BCUT2D eigenvalue weighted by Crippen LogP contribution is 2.25. The second-order valence-electron chi connectivity index (χ2n) is 4.17. The van der Waals surface area contributed by atoms with Gasteiger partial charge in [0, 0.05) is 12.1 Å². The highest BCUT2D eigenvalue weighted by molar-refractivity contribution is 5.94. The molecule has 1 rings (SSSR count). The molecule has 17 heavy (non-hydrogen) atoms. The molecule has 94 valence electrons. The van der Waals surface area contributed by atoms with Crippen molar-refractivity contribution in [2.75, 3.05) is 19.0 Å². The first-order chi connectivity index (χ1) is 8.08. The largest absolute Gasteiger partial charge is 0.495 e. The molecule has 0 heterocycles. The highest BCUT2D eigenvalue weighted by atomic mass is 16.5. The number of nitrogens with one attached hydrogen (secondary N) is 1. The zero-order valence-electron chi connectivity index (χ0n) is 10.6. The Kier molecular flexibility index (Phi) is 4.82. The van der Waals surface area contributed by atoms with Crippen LogP contribution in [0.3, 0.4) is 0 Å². The molecule has 1 atom stereocenters. The van der Waals surface area contributed by atoms with Gasteiger partial charge in [0.15, 0.2) is 0 Å². The lowest BCUT2D eigenvalue weighted by atomic mass is 10.1. The first kappa shape index (κ1) is 13.4. The van der Waals surface area contributed by atoms with Crippen molar-refractivity contribution < 1.29 is 9.53 Å². The molecular weight excluding hydrogens is 216 g/mol. The maximum absolute atomic E-state index is 11.1. The van der Waals surface area contributed by atoms with Crippen LogP contribution in [0.15, 0.2) is 18.2 Å². The topological polar surface area (TPSA) is 64.3 Å². The molecule has 1 unspecified atom stereocenters. The zero-order chi connectivity index (χ0) is 12.8. The lowest BCUT2D eigenvalue weighted by Gasteiger charge is -2.15. The van der Waals surface area contributed by atoms with Crippen molar-refractivity contribution in [1.82, 2.24) is 0 Å². The van der Waals surface area contributed by atoms with E-state index in [2.05, 4.69) is 19.2 Å². The van der Waals surface area contributed by atoms with Crippen molar-refractivity contribution in [2.45, 2.75) is 20.3 Å². The van der Waals surface area contributed by atoms with Gasteiger partial charge in [-0.3, -0.25) is 4.79 Å². The van der Waals surface area contributed by atoms with Crippen molar-refractivity contribution >= 4 is 11.6 Å². The second-order valence-corrected chi connectivity index (χ2v) is 4.17. The Labute approximate surface area is 102 Å². The van der Waals surface area contributed by atoms with Crippen molar-refractivity contribution in [3.05, 3.63) is 23.8 Å². The molecule has 0 aromatic heterocycles. The van der Waals surface area contributed by atoms with Crippen LogP contribution in [0.1, 0.15) is 30.6 Å². The van der Waals surface area contributed by atoms with Gasteiger partial charge in [0.25, 0.3) is 0 Å². The van der Waals surface area contributed by atoms with Crippen LogP contribution in [0.2, 0.25) is 0 Å². The minimum absolute atomic E-state index is 0.431. The third kappa shape index (κ3) is 3.66. The number of carbonyl (C=O) groups excluding carboxylic acids is 1. The Balaban J connectivity index is 2.86. The predicted molar refractivity (Wildman–Crippen MR) is 69.5 cm³/mol. The summed E-state index contributed by atoms with van der Waals surface area (Å²) in [6.07, 6.45) is 1.10. The average molecular weight is 236 g/mol. The van der Waals surface area contributed by atoms with Crippen LogP contribution < -0.4 is 15.8 Å². The van der Waals surface area contributed by atoms with Crippen LogP contribution in [0.25, 0.3) is 0 Å². The van der Waals surface area contributed by atoms with Gasteiger partial charge in [0.05, 0.1) is 12.8 Å². The SMILES string of the molecule is CCC(C)CNc1cc(C(N)=O)ccc1OC. The number of ether oxygens (including phenoxy) is 1. The Bertz CT molecular complexity index is 391. The fourth-order valence-electron chi connectivity index (χ4n) is 1.43. The van der Waals surface area contributed by atoms with Gasteiger partial charge < -0.3 is 15.8 Å². The number of amides is 1. The van der Waals surface area contributed by atoms with E-state index in [1.54, 1.807) is 25.3 Å². The molecule has 0 radical (unpaired) electrons. The number of hydrogen-bond acceptors (Lipinski definition) is 3. The molecule has 0 saturated heterocycles. The summed E-state index contributed by atoms with van der Waals surface area (Å²) in [6, 6.07) is 5.14. The van der Waals surface area contributed by atoms with Gasteiger partial charge in [-0.25, -0.2) is 0 Å². The van der Waals surface area contributed by atoms with Crippen molar-refractivity contribution in [3.63, 3.8) is 0 Å². The quantitative estimate of drug-likeness (QED) is 0.796. The van der Waals surface area contributed by atoms with E-state index < -0.39 is 5.91 Å². The second kappa shape index (κ2) is 6.13. The lowest BCUT2D eigenvalue weighted by Crippen LogP contribution is -2.14. The Hall–Kier alpha value is -1.71. The smallest absolute Gasteiger partial charge is 0.248 e. The first-order valence-corrected chi connectivity index (χ1v) is 5.80. The Morgan fingerprint density at radius 2 is 2.24 bits per heavy atom. The molecule has 0 aliphatic heterocycles. The van der Waals surface area contributed by atoms with Gasteiger partial charge in [-0.05, 0) is 24.1 Å². The summed E-state index contributed by atoms with van der Waals surface area (Å²) < 4.78 is 5.23. The molecule has 4 nitrogen and oxygen atoms in total. The van der Waals surface area contributed by atoms with Crippen molar-refractivity contribution in [3.8, 4) is 5.75 Å². The number of hydrogen-bond donors (Lipinski definition) is 2. The van der Waals surface area contributed by atoms with Crippen LogP contribution >= 0.6 is 0 Å². The summed E-state index contributed by atoms with van der Waals surface area (Å²) in [7, 11) is 1.60. The zero-order valence-corrected chi connectivity index (χ0v) is 10.6. The molecular formula is C13H20N2O2. The number of nitrogens with two attached hydrogens (primary N) is 1. The van der Waals surface area contributed by atoms with Gasteiger partial charge in [-0.2, -0.15) is 0 Å². The van der Waals surface area contributed by atoms with Crippen LogP contribution in [0.4, 0.5) is 5.69 Å². The van der Waals surface area contributed by atoms with E-state index >= 15 is 0 Å². The minimum atomic E-state index is -0.431. The number of rotatable bonds is 6. The standard InChI is InChI=1S/C13H20N2O2/c1-4-9(2)8-15-11-7-10(13(14)16)5-6-12(11)17-3/h5-7,9,15H,4,8H2,1-3H3,(H2,14,16). The van der Waals surface area contributed by atoms with E-state index in [0.717, 1.165) is 24.4 Å². The average Bonchev–Trinajstić information content (AvgIpc) is 2.35. The van der Waals surface area contributed by atoms with Crippen LogP contribution in [-0.4, -0.2) is 19.6 Å². The normalized spacial score (nSPS) is 11.9. The minimum Gasteiger partial charge on any atom is -0.495 e. The molecule has 0 fully saturated rings. The van der Waals surface area contributed by atoms with Crippen LogP contribution in [0.5, 0.6) is 5.75 Å². The van der Waals surface area contributed by atoms with Gasteiger partial charge in [0.2, 0.25) is 5.91 Å². The summed E-state index contributed by atoms with van der Waals surface area (Å²) in [5.41, 5.74) is 6.54. The summed E-state index contributed by atoms with van der Waals surface area (Å²) in [5, 5.41) is 3.28. The maximum atomic E-state index is 11.1. The summed E-state index contributed by atoms with van der Waals surface area (Å²) in [4.78, 5) is 11.1. The molecule has 0 aliphatic rings. The number of carbonyl (C=O) groups is 1. The summed E-state index contributed by atoms with van der Waals surface area (Å²) >= 11 is 0. The van der Waals surface area contributed by atoms with E-state index in [-0.39, 0.29) is 0 Å². The van der Waals surface area contributed by atoms with Crippen LogP contribution in [0, 0.1) is 5.92 Å². The van der Waals surface area contributed by atoms with Crippen LogP contribution in [-0.2, 0) is 0 Å². The van der Waals surface area contributed by atoms with E-state index in [9.17, 15) is 4.79 Å². The van der Waals surface area contributed by atoms with E-state index in [0.29, 0.717) is 11.5 Å². The van der Waals surface area contributed by atoms with Gasteiger partial charge in [-0.15, -0.1) is 0 Å². The van der Waals surface area contributed by atoms with E-state index in [1.165, 1.54) is 0 Å². The molecule has 1 aromatic rings. The Morgan fingerprint density at radius 1 is 1.53 bits per heavy atom. The fourth-order valence-corrected chi connectivity index (χ4v) is 1.43. The number of methoxy groups -OCH3 is 1. The lowest BCUT2D eigenvalue weighted by molar-refractivity contribution is 0.100. The number of primary amides is 1. The first-order valence-electron chi connectivity index (χ1n) is 5.80. The van der Waals surface area contributed by atoms with E-state index in [1.807, 2.05) is 0 Å². The molecule has 0 saturated carbocycles. The monoisotopic (exact) mass is 236 g/mol. The molecule has 1 amide bonds. The summed E-state index contributed by atoms with van der Waals surface area (Å²) in [6.45, 7) is 5.15. The molecule has 4 heteroatoms. The molecule has 1 aromatic carbocycles. The van der Waals surface area contributed by atoms with Gasteiger partial charge in [-0.1, -0.05) is 20.3 Å². The molecule has 3 N–H and O–H groups in total. The fraction of sp³-hybridized carbons (Fsp3) is 0.462. The Morgan fingerprint density at radius 3 is 2.76 bits per heavy atom. The molecule has 0 bridgehead atoms. The number of anilines is 1. The number of benzene rings is 1. The predicted octanol–water partition coefficient (Wildman–Crippen LogP) is 2.25. The van der Waals surface area contributed by atoms with Gasteiger partial charge >= 0.3 is 0 Å². The molecule has 0 spiro atoms. The van der Waals surface area contributed by atoms with Crippen molar-refractivity contribution in [2.24, 2.45) is 11.7 Å². The third-order valence-corrected chi connectivity index (χ3v) is 2.82. The van der Waals surface area contributed by atoms with Crippen molar-refractivity contribution in [1.29, 1.82) is 0 Å². The third-order valence-electron chi connectivity index (χ3n) is 2.82. The summed E-state index contributed by atoms with van der Waals surface area (Å²) in [5.74, 6) is 0.856.